The van der Waals surface area contributed by atoms with Crippen LogP contribution in [0.4, 0.5) is 11.4 Å². The van der Waals surface area contributed by atoms with E-state index in [0.717, 1.165) is 57.8 Å². The smallest absolute Gasteiger partial charge is 0.0519 e. The van der Waals surface area contributed by atoms with Gasteiger partial charge in [-0.1, -0.05) is 275 Å². The van der Waals surface area contributed by atoms with Crippen LogP contribution in [0.25, 0.3) is 22.8 Å². The first-order valence-corrected chi connectivity index (χ1v) is 40.1. The van der Waals surface area contributed by atoms with Crippen LogP contribution in [0.15, 0.2) is 246 Å². The summed E-state index contributed by atoms with van der Waals surface area (Å²) < 4.78 is 0. The van der Waals surface area contributed by atoms with Gasteiger partial charge in [-0.25, -0.2) is 0 Å². The van der Waals surface area contributed by atoms with E-state index in [0.29, 0.717) is 47.3 Å². The zero-order valence-corrected chi connectivity index (χ0v) is 63.1. The van der Waals surface area contributed by atoms with Gasteiger partial charge in [0.1, 0.15) is 0 Å². The first-order chi connectivity index (χ1) is 49.0. The minimum absolute atomic E-state index is 0.00865. The molecule has 2 fully saturated rings. The summed E-state index contributed by atoms with van der Waals surface area (Å²) in [5, 5.41) is 0. The van der Waals surface area contributed by atoms with Crippen molar-refractivity contribution >= 4 is 23.0 Å². The molecular weight excluding hydrogens is 1220 g/mol. The molecule has 520 valence electrons. The Hall–Kier alpha value is -7.68. The van der Waals surface area contributed by atoms with Gasteiger partial charge in [-0.2, -0.15) is 0 Å². The highest BCUT2D eigenvalue weighted by Gasteiger charge is 2.51. The third-order valence-corrected chi connectivity index (χ3v) is 28.0. The second kappa shape index (κ2) is 27.2. The summed E-state index contributed by atoms with van der Waals surface area (Å²) in [5.74, 6) is 4.33. The Bertz CT molecular complexity index is 4470. The Morgan fingerprint density at radius 1 is 0.683 bits per heavy atom. The molecule has 0 N–H and O–H groups in total. The van der Waals surface area contributed by atoms with Crippen LogP contribution in [0.1, 0.15) is 222 Å². The van der Waals surface area contributed by atoms with Crippen LogP contribution in [0.2, 0.25) is 0 Å². The number of allylic oxidation sites excluding steroid dienone is 21. The third-order valence-electron chi connectivity index (χ3n) is 28.0. The van der Waals surface area contributed by atoms with E-state index in [4.69, 9.17) is 6.58 Å². The fourth-order valence-corrected chi connectivity index (χ4v) is 22.7. The van der Waals surface area contributed by atoms with Crippen molar-refractivity contribution in [2.75, 3.05) is 9.80 Å². The maximum atomic E-state index is 5.35. The average molecular weight is 1330 g/mol. The topological polar surface area (TPSA) is 6.48 Å². The van der Waals surface area contributed by atoms with E-state index < -0.39 is 0 Å². The molecule has 5 aromatic rings. The lowest BCUT2D eigenvalue weighted by molar-refractivity contribution is 0.317. The summed E-state index contributed by atoms with van der Waals surface area (Å²) >= 11 is 0. The maximum Gasteiger partial charge on any atom is 0.0519 e. The number of anilines is 2. The second-order valence-corrected chi connectivity index (χ2v) is 34.4. The van der Waals surface area contributed by atoms with E-state index in [9.17, 15) is 0 Å². The Balaban J connectivity index is 0.882. The molecule has 0 heterocycles. The lowest BCUT2D eigenvalue weighted by Crippen LogP contribution is -2.42. The lowest BCUT2D eigenvalue weighted by Gasteiger charge is -2.44. The van der Waals surface area contributed by atoms with E-state index in [2.05, 4.69) is 292 Å². The second-order valence-electron chi connectivity index (χ2n) is 34.4. The first-order valence-electron chi connectivity index (χ1n) is 40.1. The number of nitrogens with zero attached hydrogens (tertiary/aromatic N) is 2. The average Bonchev–Trinajstić information content (AvgIpc) is 1.71. The number of hydrogen-bond acceptors (Lipinski definition) is 2. The van der Waals surface area contributed by atoms with Gasteiger partial charge in [-0.3, -0.25) is 0 Å². The SMILES string of the molecule is C=C(CC)C(CC(CC)N(C1=CC=C2c3ccccc3C(C)(C)C2C1)c1ccc2c(c1)C(C)(C)c1ccccc1-2)C(C1=C2C=CC=CC2CCC1)c1ccc(N(C(C)/C=C2\C(CCC)C3C=CC=CC3C2(C)C)C2C=C3C(=CC2)C2CCCC=CC2C3C)cc1Cc1cccc2c1C=CCC2. The van der Waals surface area contributed by atoms with Crippen molar-refractivity contribution in [2.24, 2.45) is 58.7 Å². The molecule has 101 heavy (non-hydrogen) atoms. The van der Waals surface area contributed by atoms with Gasteiger partial charge in [-0.05, 0) is 275 Å². The molecule has 0 amide bonds. The largest absolute Gasteiger partial charge is 0.359 e. The van der Waals surface area contributed by atoms with Crippen LogP contribution in [0.5, 0.6) is 0 Å². The lowest BCUT2D eigenvalue weighted by atomic mass is 9.66. The zero-order chi connectivity index (χ0) is 69.6. The minimum Gasteiger partial charge on any atom is -0.359 e. The van der Waals surface area contributed by atoms with Gasteiger partial charge in [0.25, 0.3) is 0 Å². The molecule has 13 unspecified atom stereocenters. The van der Waals surface area contributed by atoms with Gasteiger partial charge >= 0.3 is 0 Å². The van der Waals surface area contributed by atoms with Crippen molar-refractivity contribution in [3.8, 4) is 11.1 Å². The van der Waals surface area contributed by atoms with Crippen LogP contribution < -0.4 is 9.80 Å². The number of fused-ring (bicyclic) bond motifs is 12. The predicted molar refractivity (Wildman–Crippen MR) is 431 cm³/mol. The highest BCUT2D eigenvalue weighted by Crippen LogP contribution is 2.60. The van der Waals surface area contributed by atoms with Crippen LogP contribution in [-0.4, -0.2) is 18.1 Å². The van der Waals surface area contributed by atoms with Crippen molar-refractivity contribution in [1.29, 1.82) is 0 Å². The minimum atomic E-state index is -0.132. The Kier molecular flexibility index (Phi) is 18.2. The van der Waals surface area contributed by atoms with Gasteiger partial charge in [0.2, 0.25) is 0 Å². The molecule has 0 saturated heterocycles. The van der Waals surface area contributed by atoms with Gasteiger partial charge < -0.3 is 9.80 Å². The monoisotopic (exact) mass is 1330 g/mol. The number of hydrogen-bond donors (Lipinski definition) is 0. The predicted octanol–water partition coefficient (Wildman–Crippen LogP) is 25.6. The molecule has 13 atom stereocenters. The molecule has 11 aliphatic rings. The molecule has 5 aromatic carbocycles. The van der Waals surface area contributed by atoms with Crippen molar-refractivity contribution in [2.45, 2.75) is 214 Å². The maximum absolute atomic E-state index is 5.35. The van der Waals surface area contributed by atoms with Crippen LogP contribution in [-0.2, 0) is 23.7 Å². The Morgan fingerprint density at radius 3 is 2.31 bits per heavy atom. The Labute approximate surface area is 608 Å². The third kappa shape index (κ3) is 11.6. The molecule has 0 bridgehead atoms. The molecule has 2 saturated carbocycles. The molecule has 0 aliphatic heterocycles. The van der Waals surface area contributed by atoms with Gasteiger partial charge in [0, 0.05) is 46.4 Å². The standard InChI is InChI=1S/C99H114N2/c1-13-31-81-82-41-23-26-45-90(82)97(7,8)93(81)56-64(5)100(72-49-53-80-79-40-18-16-17-37-75(79)65(6)89(80)60-72)71-48-52-78(69(58-71)57-68-36-29-34-66-32-19-21-38-76(66)68)96(87-44-30-35-67-33-20-22-39-77(67)87)88(63(4)14-2)59-70(15-3)101(73-50-54-85-83-42-24-27-46-91(83)98(9,10)94(85)61-73)74-51-55-86-84-43-25-28-47-92(84)99(11,12)95(86)62-74/h17,20-29,33-34,36-39,41-43,45-48,50-56,58,60-61,64-65,67,70,72,75,79,81-82,88,90,95-96H,4,13-16,18-19,30-32,35,40,44,49,57,59,62H2,1-3,5-12H3/b93-56+. The van der Waals surface area contributed by atoms with Gasteiger partial charge in [0.15, 0.2) is 0 Å². The Morgan fingerprint density at radius 2 is 1.48 bits per heavy atom. The molecule has 11 aliphatic carbocycles. The van der Waals surface area contributed by atoms with Crippen LogP contribution >= 0.6 is 0 Å². The fourth-order valence-electron chi connectivity index (χ4n) is 22.7. The number of aryl methyl sites for hydroxylation is 1. The van der Waals surface area contributed by atoms with E-state index in [1.54, 1.807) is 27.9 Å². The zero-order valence-electron chi connectivity index (χ0n) is 63.1. The number of rotatable bonds is 19. The molecule has 2 nitrogen and oxygen atoms in total. The first kappa shape index (κ1) is 67.8. The van der Waals surface area contributed by atoms with Crippen molar-refractivity contribution in [3.05, 3.63) is 296 Å². The van der Waals surface area contributed by atoms with Crippen molar-refractivity contribution < 1.29 is 0 Å². The molecule has 0 aromatic heterocycles. The van der Waals surface area contributed by atoms with E-state index in [1.165, 1.54) is 134 Å². The van der Waals surface area contributed by atoms with E-state index in [1.807, 2.05) is 0 Å². The molecule has 0 radical (unpaired) electrons. The normalized spacial score (nSPS) is 27.8. The van der Waals surface area contributed by atoms with E-state index in [-0.39, 0.29) is 46.2 Å². The summed E-state index contributed by atoms with van der Waals surface area (Å²) in [6.45, 7) is 33.0. The van der Waals surface area contributed by atoms with Crippen molar-refractivity contribution in [1.82, 2.24) is 0 Å². The molecular formula is C99H114N2. The summed E-state index contributed by atoms with van der Waals surface area (Å²) in [7, 11) is 0. The summed E-state index contributed by atoms with van der Waals surface area (Å²) in [4.78, 5) is 5.84. The van der Waals surface area contributed by atoms with Crippen LogP contribution in [0, 0.1) is 58.7 Å². The highest BCUT2D eigenvalue weighted by molar-refractivity contribution is 5.84. The van der Waals surface area contributed by atoms with Crippen LogP contribution in [0.3, 0.4) is 0 Å². The highest BCUT2D eigenvalue weighted by atomic mass is 15.2. The van der Waals surface area contributed by atoms with Crippen molar-refractivity contribution in [3.63, 3.8) is 0 Å². The van der Waals surface area contributed by atoms with Gasteiger partial charge in [0.05, 0.1) is 6.04 Å². The fraction of sp³-hybridized carbons (Fsp3) is 0.434. The molecule has 16 rings (SSSR count). The van der Waals surface area contributed by atoms with Gasteiger partial charge in [-0.15, -0.1) is 0 Å². The summed E-state index contributed by atoms with van der Waals surface area (Å²) in [6, 6.07) is 42.1. The molecule has 2 heteroatoms. The number of benzene rings is 5. The molecule has 0 spiro atoms. The van der Waals surface area contributed by atoms with E-state index >= 15 is 0 Å². The quantitative estimate of drug-likeness (QED) is 0.0761. The summed E-state index contributed by atoms with van der Waals surface area (Å²) in [6.07, 6.45) is 60.8. The summed E-state index contributed by atoms with van der Waals surface area (Å²) in [5.41, 5.74) is 31.0.